The van der Waals surface area contributed by atoms with Crippen LogP contribution in [-0.4, -0.2) is 31.5 Å². The number of aliphatic hydroxyl groups excluding tert-OH is 1. The summed E-state index contributed by atoms with van der Waals surface area (Å²) >= 11 is 0. The number of methoxy groups -OCH3 is 1. The zero-order valence-corrected chi connectivity index (χ0v) is 11.8. The van der Waals surface area contributed by atoms with Crippen LogP contribution in [0, 0.1) is 0 Å². The van der Waals surface area contributed by atoms with E-state index < -0.39 is 6.10 Å². The van der Waals surface area contributed by atoms with Crippen LogP contribution in [0.1, 0.15) is 5.56 Å². The summed E-state index contributed by atoms with van der Waals surface area (Å²) < 4.78 is 4.88. The molecule has 3 nitrogen and oxygen atoms in total. The smallest absolute Gasteiger partial charge is 0.0897 e. The standard InChI is InChI=1S/C17H21NO2/c1-20-13-17(19)12-18-11-14-7-9-16(10-8-14)15-5-3-2-4-6-15/h2-10,17-19H,11-13H2,1H3. The van der Waals surface area contributed by atoms with Gasteiger partial charge in [-0.1, -0.05) is 54.6 Å². The van der Waals surface area contributed by atoms with Crippen molar-refractivity contribution in [3.8, 4) is 11.1 Å². The lowest BCUT2D eigenvalue weighted by atomic mass is 10.0. The van der Waals surface area contributed by atoms with Gasteiger partial charge in [-0.3, -0.25) is 0 Å². The molecule has 1 unspecified atom stereocenters. The van der Waals surface area contributed by atoms with Gasteiger partial charge < -0.3 is 15.2 Å². The first-order chi connectivity index (χ1) is 9.79. The molecule has 3 heteroatoms. The minimum Gasteiger partial charge on any atom is -0.389 e. The van der Waals surface area contributed by atoms with E-state index in [-0.39, 0.29) is 0 Å². The summed E-state index contributed by atoms with van der Waals surface area (Å²) in [6.07, 6.45) is -0.455. The lowest BCUT2D eigenvalue weighted by molar-refractivity contribution is 0.0644. The van der Waals surface area contributed by atoms with Crippen LogP contribution in [0.3, 0.4) is 0 Å². The van der Waals surface area contributed by atoms with Gasteiger partial charge in [0.1, 0.15) is 0 Å². The molecular weight excluding hydrogens is 250 g/mol. The number of ether oxygens (including phenoxy) is 1. The van der Waals surface area contributed by atoms with Gasteiger partial charge in [-0.05, 0) is 16.7 Å². The summed E-state index contributed by atoms with van der Waals surface area (Å²) in [5, 5.41) is 12.7. The van der Waals surface area contributed by atoms with Crippen LogP contribution in [0.15, 0.2) is 54.6 Å². The predicted octanol–water partition coefficient (Wildman–Crippen LogP) is 2.45. The molecule has 20 heavy (non-hydrogen) atoms. The molecule has 2 aromatic rings. The van der Waals surface area contributed by atoms with Gasteiger partial charge in [0.25, 0.3) is 0 Å². The van der Waals surface area contributed by atoms with Crippen molar-refractivity contribution in [2.75, 3.05) is 20.3 Å². The van der Waals surface area contributed by atoms with Gasteiger partial charge in [0.2, 0.25) is 0 Å². The zero-order chi connectivity index (χ0) is 14.2. The summed E-state index contributed by atoms with van der Waals surface area (Å²) in [5.41, 5.74) is 3.64. The van der Waals surface area contributed by atoms with Crippen LogP contribution >= 0.6 is 0 Å². The van der Waals surface area contributed by atoms with Gasteiger partial charge in [-0.2, -0.15) is 0 Å². The Bertz CT molecular complexity index is 496. The van der Waals surface area contributed by atoms with Gasteiger partial charge in [-0.25, -0.2) is 0 Å². The van der Waals surface area contributed by atoms with E-state index >= 15 is 0 Å². The van der Waals surface area contributed by atoms with Gasteiger partial charge in [0.15, 0.2) is 0 Å². The van der Waals surface area contributed by atoms with Crippen molar-refractivity contribution in [3.63, 3.8) is 0 Å². The molecular formula is C17H21NO2. The number of nitrogens with one attached hydrogen (secondary N) is 1. The van der Waals surface area contributed by atoms with Crippen LogP contribution in [0.5, 0.6) is 0 Å². The Hall–Kier alpha value is -1.68. The quantitative estimate of drug-likeness (QED) is 0.813. The highest BCUT2D eigenvalue weighted by Gasteiger charge is 2.02. The number of hydrogen-bond acceptors (Lipinski definition) is 3. The van der Waals surface area contributed by atoms with E-state index in [1.807, 2.05) is 18.2 Å². The van der Waals surface area contributed by atoms with Crippen LogP contribution in [0.25, 0.3) is 11.1 Å². The van der Waals surface area contributed by atoms with E-state index in [0.29, 0.717) is 13.2 Å². The van der Waals surface area contributed by atoms with E-state index in [9.17, 15) is 5.11 Å². The van der Waals surface area contributed by atoms with Crippen molar-refractivity contribution in [1.82, 2.24) is 5.32 Å². The fraction of sp³-hybridized carbons (Fsp3) is 0.294. The molecule has 2 rings (SSSR count). The Labute approximate surface area is 120 Å². The van der Waals surface area contributed by atoms with Crippen LogP contribution in [-0.2, 0) is 11.3 Å². The molecule has 0 spiro atoms. The highest BCUT2D eigenvalue weighted by Crippen LogP contribution is 2.19. The van der Waals surface area contributed by atoms with E-state index in [0.717, 1.165) is 6.54 Å². The molecule has 0 aliphatic carbocycles. The van der Waals surface area contributed by atoms with Crippen LogP contribution < -0.4 is 5.32 Å². The fourth-order valence-corrected chi connectivity index (χ4v) is 2.08. The van der Waals surface area contributed by atoms with Crippen molar-refractivity contribution >= 4 is 0 Å². The Morgan fingerprint density at radius 3 is 2.30 bits per heavy atom. The van der Waals surface area contributed by atoms with Crippen molar-refractivity contribution in [1.29, 1.82) is 0 Å². The second-order valence-corrected chi connectivity index (χ2v) is 4.80. The first-order valence-electron chi connectivity index (χ1n) is 6.81. The van der Waals surface area contributed by atoms with Crippen molar-refractivity contribution in [2.24, 2.45) is 0 Å². The zero-order valence-electron chi connectivity index (χ0n) is 11.8. The molecule has 0 aliphatic rings. The molecule has 0 fully saturated rings. The van der Waals surface area contributed by atoms with Gasteiger partial charge in [0, 0.05) is 20.2 Å². The molecule has 0 amide bonds. The minimum atomic E-state index is -0.455. The van der Waals surface area contributed by atoms with E-state index in [2.05, 4.69) is 41.7 Å². The van der Waals surface area contributed by atoms with Crippen molar-refractivity contribution in [2.45, 2.75) is 12.6 Å². The summed E-state index contributed by atoms with van der Waals surface area (Å²) in [6.45, 7) is 1.64. The summed E-state index contributed by atoms with van der Waals surface area (Å²) in [7, 11) is 1.59. The molecule has 2 N–H and O–H groups in total. The number of benzene rings is 2. The van der Waals surface area contributed by atoms with Gasteiger partial charge >= 0.3 is 0 Å². The highest BCUT2D eigenvalue weighted by molar-refractivity contribution is 5.63. The second-order valence-electron chi connectivity index (χ2n) is 4.80. The molecule has 1 atom stereocenters. The molecule has 2 aromatic carbocycles. The molecule has 0 aliphatic heterocycles. The first-order valence-corrected chi connectivity index (χ1v) is 6.81. The van der Waals surface area contributed by atoms with Crippen molar-refractivity contribution in [3.05, 3.63) is 60.2 Å². The molecule has 0 saturated carbocycles. The van der Waals surface area contributed by atoms with Gasteiger partial charge in [-0.15, -0.1) is 0 Å². The Morgan fingerprint density at radius 1 is 1.00 bits per heavy atom. The van der Waals surface area contributed by atoms with Gasteiger partial charge in [0.05, 0.1) is 12.7 Å². The van der Waals surface area contributed by atoms with E-state index in [1.165, 1.54) is 16.7 Å². The van der Waals surface area contributed by atoms with Crippen LogP contribution in [0.2, 0.25) is 0 Å². The highest BCUT2D eigenvalue weighted by atomic mass is 16.5. The van der Waals surface area contributed by atoms with E-state index in [4.69, 9.17) is 4.74 Å². The summed E-state index contributed by atoms with van der Waals surface area (Å²) in [5.74, 6) is 0. The number of aliphatic hydroxyl groups is 1. The molecule has 0 saturated heterocycles. The third-order valence-corrected chi connectivity index (χ3v) is 3.13. The minimum absolute atomic E-state index is 0.361. The number of rotatable bonds is 7. The average Bonchev–Trinajstić information content (AvgIpc) is 2.49. The monoisotopic (exact) mass is 271 g/mol. The molecule has 0 bridgehead atoms. The Balaban J connectivity index is 1.86. The average molecular weight is 271 g/mol. The van der Waals surface area contributed by atoms with Crippen molar-refractivity contribution < 1.29 is 9.84 Å². The third-order valence-electron chi connectivity index (χ3n) is 3.13. The predicted molar refractivity (Wildman–Crippen MR) is 81.5 cm³/mol. The second kappa shape index (κ2) is 7.80. The first kappa shape index (κ1) is 14.7. The van der Waals surface area contributed by atoms with E-state index in [1.54, 1.807) is 7.11 Å². The lowest BCUT2D eigenvalue weighted by Gasteiger charge is -2.11. The SMILES string of the molecule is COCC(O)CNCc1ccc(-c2ccccc2)cc1. The maximum atomic E-state index is 9.53. The maximum absolute atomic E-state index is 9.53. The Morgan fingerprint density at radius 2 is 1.65 bits per heavy atom. The molecule has 0 radical (unpaired) electrons. The summed E-state index contributed by atoms with van der Waals surface area (Å²) in [4.78, 5) is 0. The normalized spacial score (nSPS) is 12.3. The Kier molecular flexibility index (Phi) is 5.74. The number of hydrogen-bond donors (Lipinski definition) is 2. The van der Waals surface area contributed by atoms with Crippen LogP contribution in [0.4, 0.5) is 0 Å². The third kappa shape index (κ3) is 4.46. The largest absolute Gasteiger partial charge is 0.389 e. The lowest BCUT2D eigenvalue weighted by Crippen LogP contribution is -2.29. The molecule has 0 aromatic heterocycles. The molecule has 0 heterocycles. The molecule has 106 valence electrons. The maximum Gasteiger partial charge on any atom is 0.0897 e. The topological polar surface area (TPSA) is 41.5 Å². The summed E-state index contributed by atoms with van der Waals surface area (Å²) in [6, 6.07) is 18.8. The fourth-order valence-electron chi connectivity index (χ4n) is 2.08.